The second-order valence-corrected chi connectivity index (χ2v) is 6.84. The molecule has 0 aliphatic rings. The summed E-state index contributed by atoms with van der Waals surface area (Å²) in [6.45, 7) is 1.64. The minimum Gasteiger partial charge on any atom is -0.339 e. The van der Waals surface area contributed by atoms with Gasteiger partial charge in [-0.3, -0.25) is 10.0 Å². The number of aromatic nitrogens is 2. The first-order chi connectivity index (χ1) is 14.2. The molecule has 4 aromatic rings. The zero-order valence-corrected chi connectivity index (χ0v) is 15.9. The van der Waals surface area contributed by atoms with Gasteiger partial charge in [-0.25, -0.2) is 10.5 Å². The standard InChI is InChI=1S/C23H22N4O2/c28-21(27-29)11-10-16-6-8-17(9-7-16)15-24-14-12-18-3-1-5-20-22(18)19-4-2-13-25-23(19)26-20/h1-11,13,24,29H,12,14-15H2,(H,25,26)(H,27,28)/b11-10+. The quantitative estimate of drug-likeness (QED) is 0.169. The molecule has 2 aromatic heterocycles. The highest BCUT2D eigenvalue weighted by atomic mass is 16.5. The van der Waals surface area contributed by atoms with Crippen LogP contribution in [0.2, 0.25) is 0 Å². The summed E-state index contributed by atoms with van der Waals surface area (Å²) in [5.74, 6) is -0.545. The molecule has 0 radical (unpaired) electrons. The van der Waals surface area contributed by atoms with Crippen LogP contribution < -0.4 is 10.8 Å². The van der Waals surface area contributed by atoms with Crippen molar-refractivity contribution in [3.8, 4) is 0 Å². The molecule has 0 aliphatic heterocycles. The maximum atomic E-state index is 11.0. The molecule has 6 heteroatoms. The van der Waals surface area contributed by atoms with Crippen molar-refractivity contribution in [3.63, 3.8) is 0 Å². The number of pyridine rings is 1. The van der Waals surface area contributed by atoms with Gasteiger partial charge in [0.1, 0.15) is 5.65 Å². The largest absolute Gasteiger partial charge is 0.339 e. The number of carbonyl (C=O) groups excluding carboxylic acids is 1. The first-order valence-corrected chi connectivity index (χ1v) is 9.51. The summed E-state index contributed by atoms with van der Waals surface area (Å²) < 4.78 is 0. The number of hydrogen-bond acceptors (Lipinski definition) is 4. The monoisotopic (exact) mass is 386 g/mol. The maximum absolute atomic E-state index is 11.0. The van der Waals surface area contributed by atoms with E-state index >= 15 is 0 Å². The van der Waals surface area contributed by atoms with Crippen LogP contribution in [-0.2, 0) is 17.8 Å². The Kier molecular flexibility index (Phi) is 5.65. The number of hydroxylamine groups is 1. The van der Waals surface area contributed by atoms with Gasteiger partial charge >= 0.3 is 0 Å². The van der Waals surface area contributed by atoms with Gasteiger partial charge in [0.15, 0.2) is 0 Å². The van der Waals surface area contributed by atoms with Crippen LogP contribution in [0.3, 0.4) is 0 Å². The molecular formula is C23H22N4O2. The number of hydrogen-bond donors (Lipinski definition) is 4. The Hall–Kier alpha value is -3.48. The lowest BCUT2D eigenvalue weighted by Gasteiger charge is -2.07. The zero-order chi connectivity index (χ0) is 20.1. The van der Waals surface area contributed by atoms with Crippen molar-refractivity contribution in [1.82, 2.24) is 20.8 Å². The van der Waals surface area contributed by atoms with Crippen LogP contribution in [-0.4, -0.2) is 27.6 Å². The van der Waals surface area contributed by atoms with Crippen LogP contribution in [0.1, 0.15) is 16.7 Å². The van der Waals surface area contributed by atoms with E-state index in [-0.39, 0.29) is 0 Å². The van der Waals surface area contributed by atoms with Gasteiger partial charge in [-0.15, -0.1) is 0 Å². The first-order valence-electron chi connectivity index (χ1n) is 9.51. The highest BCUT2D eigenvalue weighted by molar-refractivity contribution is 6.07. The van der Waals surface area contributed by atoms with Gasteiger partial charge in [-0.1, -0.05) is 36.4 Å². The van der Waals surface area contributed by atoms with Crippen LogP contribution >= 0.6 is 0 Å². The summed E-state index contributed by atoms with van der Waals surface area (Å²) in [4.78, 5) is 18.8. The summed E-state index contributed by atoms with van der Waals surface area (Å²) in [5.41, 5.74) is 6.99. The van der Waals surface area contributed by atoms with Gasteiger partial charge in [-0.2, -0.15) is 0 Å². The van der Waals surface area contributed by atoms with E-state index in [1.54, 1.807) is 17.8 Å². The molecule has 4 N–H and O–H groups in total. The third-order valence-electron chi connectivity index (χ3n) is 4.90. The first kappa shape index (κ1) is 18.9. The molecule has 29 heavy (non-hydrogen) atoms. The SMILES string of the molecule is O=C(/C=C/c1ccc(CNCCc2cccc3[nH]c4ncccc4c23)cc1)NO. The van der Waals surface area contributed by atoms with Crippen LogP contribution in [0.25, 0.3) is 28.0 Å². The third-order valence-corrected chi connectivity index (χ3v) is 4.90. The van der Waals surface area contributed by atoms with E-state index in [0.717, 1.165) is 41.6 Å². The topological polar surface area (TPSA) is 90.0 Å². The number of rotatable bonds is 7. The summed E-state index contributed by atoms with van der Waals surface area (Å²) in [6, 6.07) is 18.4. The van der Waals surface area contributed by atoms with E-state index in [1.165, 1.54) is 22.6 Å². The summed E-state index contributed by atoms with van der Waals surface area (Å²) in [7, 11) is 0. The fourth-order valence-corrected chi connectivity index (χ4v) is 3.48. The molecule has 0 saturated carbocycles. The smallest absolute Gasteiger partial charge is 0.267 e. The predicted octanol–water partition coefficient (Wildman–Crippen LogP) is 3.57. The Balaban J connectivity index is 1.36. The van der Waals surface area contributed by atoms with Gasteiger partial charge in [0.25, 0.3) is 5.91 Å². The van der Waals surface area contributed by atoms with E-state index in [9.17, 15) is 4.79 Å². The van der Waals surface area contributed by atoms with Crippen molar-refractivity contribution in [2.24, 2.45) is 0 Å². The van der Waals surface area contributed by atoms with Crippen LogP contribution in [0.4, 0.5) is 0 Å². The molecule has 0 spiro atoms. The fourth-order valence-electron chi connectivity index (χ4n) is 3.48. The molecule has 1 amide bonds. The average molecular weight is 386 g/mol. The van der Waals surface area contributed by atoms with Crippen molar-refractivity contribution >= 4 is 33.9 Å². The molecule has 4 rings (SSSR count). The Bertz CT molecular complexity index is 1160. The van der Waals surface area contributed by atoms with Crippen LogP contribution in [0.15, 0.2) is 66.9 Å². The zero-order valence-electron chi connectivity index (χ0n) is 15.9. The lowest BCUT2D eigenvalue weighted by molar-refractivity contribution is -0.124. The molecule has 146 valence electrons. The number of benzene rings is 2. The van der Waals surface area contributed by atoms with Gasteiger partial charge in [-0.05, 0) is 53.9 Å². The number of H-pyrrole nitrogens is 1. The van der Waals surface area contributed by atoms with Crippen molar-refractivity contribution in [1.29, 1.82) is 0 Å². The van der Waals surface area contributed by atoms with Gasteiger partial charge in [0.2, 0.25) is 0 Å². The van der Waals surface area contributed by atoms with Gasteiger partial charge < -0.3 is 10.3 Å². The Labute approximate surface area is 168 Å². The van der Waals surface area contributed by atoms with E-state index in [0.29, 0.717) is 0 Å². The summed E-state index contributed by atoms with van der Waals surface area (Å²) in [5, 5.41) is 14.4. The van der Waals surface area contributed by atoms with Gasteiger partial charge in [0, 0.05) is 35.1 Å². The molecule has 2 aromatic carbocycles. The lowest BCUT2D eigenvalue weighted by Crippen LogP contribution is -2.16. The molecule has 0 fully saturated rings. The van der Waals surface area contributed by atoms with E-state index in [4.69, 9.17) is 5.21 Å². The molecule has 0 aliphatic carbocycles. The molecule has 0 atom stereocenters. The molecule has 2 heterocycles. The number of carbonyl (C=O) groups is 1. The minimum atomic E-state index is -0.545. The highest BCUT2D eigenvalue weighted by Gasteiger charge is 2.08. The Morgan fingerprint density at radius 3 is 2.79 bits per heavy atom. The minimum absolute atomic E-state index is 0.545. The molecule has 0 saturated heterocycles. The number of nitrogens with one attached hydrogen (secondary N) is 3. The molecular weight excluding hydrogens is 364 g/mol. The average Bonchev–Trinajstić information content (AvgIpc) is 3.15. The molecule has 0 bridgehead atoms. The normalized spacial score (nSPS) is 11.5. The molecule has 0 unspecified atom stereocenters. The number of nitrogens with zero attached hydrogens (tertiary/aromatic N) is 1. The highest BCUT2D eigenvalue weighted by Crippen LogP contribution is 2.27. The predicted molar refractivity (Wildman–Crippen MR) is 114 cm³/mol. The summed E-state index contributed by atoms with van der Waals surface area (Å²) >= 11 is 0. The number of fused-ring (bicyclic) bond motifs is 3. The van der Waals surface area contributed by atoms with E-state index in [1.807, 2.05) is 30.3 Å². The van der Waals surface area contributed by atoms with E-state index < -0.39 is 5.91 Å². The van der Waals surface area contributed by atoms with Crippen molar-refractivity contribution < 1.29 is 10.0 Å². The maximum Gasteiger partial charge on any atom is 0.267 e. The second-order valence-electron chi connectivity index (χ2n) is 6.84. The Morgan fingerprint density at radius 2 is 1.97 bits per heavy atom. The van der Waals surface area contributed by atoms with Crippen molar-refractivity contribution in [2.45, 2.75) is 13.0 Å². The Morgan fingerprint density at radius 1 is 1.10 bits per heavy atom. The van der Waals surface area contributed by atoms with Crippen LogP contribution in [0, 0.1) is 0 Å². The number of amides is 1. The molecule has 6 nitrogen and oxygen atoms in total. The van der Waals surface area contributed by atoms with Gasteiger partial charge in [0.05, 0.1) is 0 Å². The van der Waals surface area contributed by atoms with Crippen molar-refractivity contribution in [2.75, 3.05) is 6.54 Å². The fraction of sp³-hybridized carbons (Fsp3) is 0.130. The van der Waals surface area contributed by atoms with E-state index in [2.05, 4.69) is 39.6 Å². The van der Waals surface area contributed by atoms with Crippen LogP contribution in [0.5, 0.6) is 0 Å². The number of aromatic amines is 1. The lowest BCUT2D eigenvalue weighted by atomic mass is 10.0. The summed E-state index contributed by atoms with van der Waals surface area (Å²) in [6.07, 6.45) is 5.67. The second kappa shape index (κ2) is 8.68. The third kappa shape index (κ3) is 4.34. The van der Waals surface area contributed by atoms with Crippen molar-refractivity contribution in [3.05, 3.63) is 83.6 Å².